The quantitative estimate of drug-likeness (QED) is 0.622. The standard InChI is InChI=1S/C19H25N3O6S/c1-20(2)29(25,26)15-7-9-18(23)22(12-15)13-19(24)21(3)11-14-6-8-16(27-4)17(10-14)28-5/h6-10,12H,11,13H2,1-5H3. The van der Waals surface area contributed by atoms with Gasteiger partial charge in [-0.05, 0) is 23.8 Å². The molecule has 0 spiro atoms. The highest BCUT2D eigenvalue weighted by atomic mass is 32.2. The van der Waals surface area contributed by atoms with Crippen LogP contribution in [0.25, 0.3) is 0 Å². The van der Waals surface area contributed by atoms with Gasteiger partial charge in [0.2, 0.25) is 15.9 Å². The Morgan fingerprint density at radius 1 is 1.03 bits per heavy atom. The minimum Gasteiger partial charge on any atom is -0.493 e. The molecule has 1 heterocycles. The number of carbonyl (C=O) groups is 1. The van der Waals surface area contributed by atoms with E-state index in [-0.39, 0.29) is 23.9 Å². The summed E-state index contributed by atoms with van der Waals surface area (Å²) in [4.78, 5) is 26.1. The number of rotatable bonds is 8. The number of benzene rings is 1. The Balaban J connectivity index is 2.19. The molecule has 2 rings (SSSR count). The van der Waals surface area contributed by atoms with Crippen molar-refractivity contribution in [2.45, 2.75) is 18.0 Å². The molecule has 2 aromatic rings. The molecule has 158 valence electrons. The van der Waals surface area contributed by atoms with Crippen LogP contribution in [0, 0.1) is 0 Å². The van der Waals surface area contributed by atoms with Crippen molar-refractivity contribution in [3.63, 3.8) is 0 Å². The van der Waals surface area contributed by atoms with Gasteiger partial charge in [-0.3, -0.25) is 9.59 Å². The number of pyridine rings is 1. The van der Waals surface area contributed by atoms with Crippen LogP contribution in [0.4, 0.5) is 0 Å². The number of aromatic nitrogens is 1. The fourth-order valence-corrected chi connectivity index (χ4v) is 3.53. The van der Waals surface area contributed by atoms with Gasteiger partial charge in [0.25, 0.3) is 5.56 Å². The van der Waals surface area contributed by atoms with E-state index in [0.29, 0.717) is 11.5 Å². The lowest BCUT2D eigenvalue weighted by molar-refractivity contribution is -0.131. The van der Waals surface area contributed by atoms with Gasteiger partial charge in [-0.2, -0.15) is 0 Å². The molecule has 0 aliphatic heterocycles. The van der Waals surface area contributed by atoms with Gasteiger partial charge in [0.15, 0.2) is 11.5 Å². The van der Waals surface area contributed by atoms with Crippen molar-refractivity contribution >= 4 is 15.9 Å². The van der Waals surface area contributed by atoms with Crippen molar-refractivity contribution in [2.24, 2.45) is 0 Å². The summed E-state index contributed by atoms with van der Waals surface area (Å²) >= 11 is 0. The predicted molar refractivity (Wildman–Crippen MR) is 108 cm³/mol. The number of amides is 1. The van der Waals surface area contributed by atoms with Crippen LogP contribution < -0.4 is 15.0 Å². The molecular weight excluding hydrogens is 398 g/mol. The summed E-state index contributed by atoms with van der Waals surface area (Å²) in [6, 6.07) is 7.68. The number of carbonyl (C=O) groups excluding carboxylic acids is 1. The molecule has 0 N–H and O–H groups in total. The van der Waals surface area contributed by atoms with Crippen LogP contribution in [0.2, 0.25) is 0 Å². The molecular formula is C19H25N3O6S. The number of sulfonamides is 1. The van der Waals surface area contributed by atoms with Crippen molar-refractivity contribution in [3.05, 3.63) is 52.4 Å². The number of likely N-dealkylation sites (N-methyl/N-ethyl adjacent to an activating group) is 1. The fraction of sp³-hybridized carbons (Fsp3) is 0.368. The Hall–Kier alpha value is -2.85. The normalized spacial score (nSPS) is 11.4. The van der Waals surface area contributed by atoms with Gasteiger partial charge in [-0.1, -0.05) is 6.07 Å². The molecule has 9 nitrogen and oxygen atoms in total. The Morgan fingerprint density at radius 3 is 2.28 bits per heavy atom. The zero-order chi connectivity index (χ0) is 21.8. The summed E-state index contributed by atoms with van der Waals surface area (Å²) in [6.45, 7) is 0.00301. The monoisotopic (exact) mass is 423 g/mol. The maximum absolute atomic E-state index is 12.6. The molecule has 1 aromatic heterocycles. The average Bonchev–Trinajstić information content (AvgIpc) is 2.69. The lowest BCUT2D eigenvalue weighted by atomic mass is 10.2. The highest BCUT2D eigenvalue weighted by Crippen LogP contribution is 2.27. The van der Waals surface area contributed by atoms with E-state index in [2.05, 4.69) is 0 Å². The maximum Gasteiger partial charge on any atom is 0.251 e. The van der Waals surface area contributed by atoms with E-state index < -0.39 is 15.6 Å². The van der Waals surface area contributed by atoms with Crippen LogP contribution in [0.1, 0.15) is 5.56 Å². The van der Waals surface area contributed by atoms with E-state index >= 15 is 0 Å². The molecule has 0 saturated heterocycles. The molecule has 10 heteroatoms. The first kappa shape index (κ1) is 22.4. The van der Waals surface area contributed by atoms with Crippen molar-refractivity contribution in [1.82, 2.24) is 13.8 Å². The minimum absolute atomic E-state index is 0.0579. The van der Waals surface area contributed by atoms with E-state index in [9.17, 15) is 18.0 Å². The highest BCUT2D eigenvalue weighted by Gasteiger charge is 2.19. The summed E-state index contributed by atoms with van der Waals surface area (Å²) in [7, 11) is 3.74. The number of nitrogens with zero attached hydrogens (tertiary/aromatic N) is 3. The van der Waals surface area contributed by atoms with E-state index in [1.54, 1.807) is 19.2 Å². The lowest BCUT2D eigenvalue weighted by Gasteiger charge is -2.19. The summed E-state index contributed by atoms with van der Waals surface area (Å²) in [6.07, 6.45) is 1.18. The van der Waals surface area contributed by atoms with Crippen LogP contribution in [0.3, 0.4) is 0 Å². The van der Waals surface area contributed by atoms with Crippen LogP contribution >= 0.6 is 0 Å². The Labute approximate surface area is 170 Å². The van der Waals surface area contributed by atoms with Gasteiger partial charge < -0.3 is 18.9 Å². The first-order chi connectivity index (χ1) is 13.6. The summed E-state index contributed by atoms with van der Waals surface area (Å²) in [5, 5.41) is 0. The SMILES string of the molecule is COc1ccc(CN(C)C(=O)Cn2cc(S(=O)(=O)N(C)C)ccc2=O)cc1OC. The van der Waals surface area contributed by atoms with E-state index in [1.807, 2.05) is 6.07 Å². The van der Waals surface area contributed by atoms with Crippen LogP contribution in [-0.4, -0.2) is 63.5 Å². The number of ether oxygens (including phenoxy) is 2. The van der Waals surface area contributed by atoms with E-state index in [0.717, 1.165) is 20.5 Å². The van der Waals surface area contributed by atoms with Crippen molar-refractivity contribution in [2.75, 3.05) is 35.4 Å². The topological polar surface area (TPSA) is 98.1 Å². The second kappa shape index (κ2) is 9.10. The Morgan fingerprint density at radius 2 is 1.69 bits per heavy atom. The van der Waals surface area contributed by atoms with Gasteiger partial charge in [0, 0.05) is 40.0 Å². The molecule has 0 saturated carbocycles. The number of hydrogen-bond donors (Lipinski definition) is 0. The smallest absolute Gasteiger partial charge is 0.251 e. The zero-order valence-electron chi connectivity index (χ0n) is 17.1. The minimum atomic E-state index is -3.71. The van der Waals surface area contributed by atoms with Crippen molar-refractivity contribution in [3.8, 4) is 11.5 Å². The molecule has 1 amide bonds. The molecule has 0 unspecified atom stereocenters. The van der Waals surface area contributed by atoms with Crippen molar-refractivity contribution < 1.29 is 22.7 Å². The second-order valence-corrected chi connectivity index (χ2v) is 8.71. The van der Waals surface area contributed by atoms with Crippen LogP contribution in [0.15, 0.2) is 46.2 Å². The fourth-order valence-electron chi connectivity index (χ4n) is 2.60. The first-order valence-corrected chi connectivity index (χ1v) is 10.1. The summed E-state index contributed by atoms with van der Waals surface area (Å²) in [5.74, 6) is 0.778. The largest absolute Gasteiger partial charge is 0.493 e. The van der Waals surface area contributed by atoms with Gasteiger partial charge in [0.05, 0.1) is 19.1 Å². The second-order valence-electron chi connectivity index (χ2n) is 6.56. The van der Waals surface area contributed by atoms with Gasteiger partial charge in [0.1, 0.15) is 6.54 Å². The molecule has 0 aliphatic rings. The maximum atomic E-state index is 12.6. The lowest BCUT2D eigenvalue weighted by Crippen LogP contribution is -2.34. The van der Waals surface area contributed by atoms with Gasteiger partial charge in [-0.25, -0.2) is 12.7 Å². The molecule has 0 atom stereocenters. The molecule has 0 aliphatic carbocycles. The summed E-state index contributed by atoms with van der Waals surface area (Å²) < 4.78 is 37.1. The molecule has 0 bridgehead atoms. The molecule has 29 heavy (non-hydrogen) atoms. The number of methoxy groups -OCH3 is 2. The first-order valence-electron chi connectivity index (χ1n) is 8.68. The molecule has 0 radical (unpaired) electrons. The van der Waals surface area contributed by atoms with E-state index in [1.165, 1.54) is 45.5 Å². The van der Waals surface area contributed by atoms with Crippen LogP contribution in [0.5, 0.6) is 11.5 Å². The number of hydrogen-bond acceptors (Lipinski definition) is 6. The predicted octanol–water partition coefficient (Wildman–Crippen LogP) is 0.774. The third-order valence-electron chi connectivity index (χ3n) is 4.33. The summed E-state index contributed by atoms with van der Waals surface area (Å²) in [5.41, 5.74) is 0.352. The van der Waals surface area contributed by atoms with Crippen molar-refractivity contribution in [1.29, 1.82) is 0 Å². The van der Waals surface area contributed by atoms with Gasteiger partial charge in [-0.15, -0.1) is 0 Å². The van der Waals surface area contributed by atoms with E-state index in [4.69, 9.17) is 9.47 Å². The third-order valence-corrected chi connectivity index (χ3v) is 6.13. The zero-order valence-corrected chi connectivity index (χ0v) is 17.9. The average molecular weight is 423 g/mol. The third kappa shape index (κ3) is 5.15. The van der Waals surface area contributed by atoms with Crippen LogP contribution in [-0.2, 0) is 27.9 Å². The highest BCUT2D eigenvalue weighted by molar-refractivity contribution is 7.89. The Kier molecular flexibility index (Phi) is 7.04. The van der Waals surface area contributed by atoms with Gasteiger partial charge >= 0.3 is 0 Å². The molecule has 1 aromatic carbocycles. The molecule has 0 fully saturated rings. The Bertz CT molecular complexity index is 1050.